The van der Waals surface area contributed by atoms with Crippen LogP contribution >= 0.6 is 12.4 Å². The summed E-state index contributed by atoms with van der Waals surface area (Å²) < 4.78 is 36.4. The monoisotopic (exact) mass is 281 g/mol. The lowest BCUT2D eigenvalue weighted by Gasteiger charge is -2.04. The molecule has 0 amide bonds. The molecule has 2 aliphatic rings. The van der Waals surface area contributed by atoms with Gasteiger partial charge < -0.3 is 9.26 Å². The van der Waals surface area contributed by atoms with Gasteiger partial charge in [-0.2, -0.15) is 4.98 Å². The Hall–Kier alpha value is -0.790. The molecule has 8 heteroatoms. The van der Waals surface area contributed by atoms with Crippen LogP contribution in [-0.4, -0.2) is 29.2 Å². The minimum atomic E-state index is -2.69. The van der Waals surface area contributed by atoms with E-state index in [0.717, 1.165) is 12.8 Å². The van der Waals surface area contributed by atoms with Crippen molar-refractivity contribution in [3.05, 3.63) is 11.7 Å². The third-order valence-electron chi connectivity index (χ3n) is 3.08. The number of aromatic nitrogens is 2. The van der Waals surface area contributed by atoms with Crippen molar-refractivity contribution in [1.82, 2.24) is 15.5 Å². The van der Waals surface area contributed by atoms with Gasteiger partial charge in [-0.15, -0.1) is 12.4 Å². The molecule has 18 heavy (non-hydrogen) atoms. The average Bonchev–Trinajstić information content (AvgIpc) is 2.93. The van der Waals surface area contributed by atoms with Crippen molar-refractivity contribution < 1.29 is 18.0 Å². The summed E-state index contributed by atoms with van der Waals surface area (Å²) in [5.74, 6) is -1.99. The van der Waals surface area contributed by atoms with Gasteiger partial charge in [0.1, 0.15) is 6.10 Å². The molecule has 2 atom stereocenters. The van der Waals surface area contributed by atoms with Crippen LogP contribution in [0.4, 0.5) is 8.78 Å². The van der Waals surface area contributed by atoms with Gasteiger partial charge in [-0.05, 0) is 12.8 Å². The molecule has 0 spiro atoms. The summed E-state index contributed by atoms with van der Waals surface area (Å²) in [5.41, 5.74) is 0. The second kappa shape index (κ2) is 5.07. The molecule has 2 aliphatic heterocycles. The first-order chi connectivity index (χ1) is 8.14. The maximum atomic E-state index is 13.0. The predicted molar refractivity (Wildman–Crippen MR) is 59.8 cm³/mol. The highest BCUT2D eigenvalue weighted by Gasteiger charge is 2.42. The van der Waals surface area contributed by atoms with Gasteiger partial charge in [0.05, 0.1) is 12.6 Å². The highest BCUT2D eigenvalue weighted by molar-refractivity contribution is 5.85. The quantitative estimate of drug-likeness (QED) is 0.898. The van der Waals surface area contributed by atoms with Crippen LogP contribution in [0.15, 0.2) is 4.52 Å². The largest absolute Gasteiger partial charge is 0.370 e. The summed E-state index contributed by atoms with van der Waals surface area (Å²) in [5, 5.41) is 6.47. The Balaban J connectivity index is 0.00000120. The predicted octanol–water partition coefficient (Wildman–Crippen LogP) is 2.01. The van der Waals surface area contributed by atoms with Crippen LogP contribution in [0.5, 0.6) is 0 Å². The summed E-state index contributed by atoms with van der Waals surface area (Å²) in [6, 6.07) is -0.548. The maximum Gasteiger partial charge on any atom is 0.262 e. The minimum absolute atomic E-state index is 0. The van der Waals surface area contributed by atoms with E-state index < -0.39 is 12.0 Å². The van der Waals surface area contributed by atoms with Gasteiger partial charge in [0.25, 0.3) is 5.92 Å². The molecule has 5 nitrogen and oxygen atoms in total. The van der Waals surface area contributed by atoms with Crippen LogP contribution in [0.1, 0.15) is 43.1 Å². The van der Waals surface area contributed by atoms with Crippen LogP contribution in [0.3, 0.4) is 0 Å². The van der Waals surface area contributed by atoms with Crippen LogP contribution < -0.4 is 5.32 Å². The van der Waals surface area contributed by atoms with E-state index in [0.29, 0.717) is 12.4 Å². The molecule has 1 aromatic rings. The molecular formula is C10H14ClF2N3O2. The van der Waals surface area contributed by atoms with E-state index in [1.807, 2.05) is 0 Å². The molecule has 0 saturated carbocycles. The molecule has 1 aromatic heterocycles. The Kier molecular flexibility index (Phi) is 3.84. The molecule has 0 radical (unpaired) electrons. The SMILES string of the molecule is Cl.FC1(F)CNC(c2nc(C3CCCO3)no2)C1. The Labute approximate surface area is 109 Å². The fourth-order valence-electron chi connectivity index (χ4n) is 2.19. The zero-order chi connectivity index (χ0) is 11.9. The van der Waals surface area contributed by atoms with Crippen molar-refractivity contribution in [2.45, 2.75) is 37.3 Å². The van der Waals surface area contributed by atoms with Crippen molar-refractivity contribution in [3.8, 4) is 0 Å². The average molecular weight is 282 g/mol. The van der Waals surface area contributed by atoms with Gasteiger partial charge in [0.2, 0.25) is 11.7 Å². The lowest BCUT2D eigenvalue weighted by Crippen LogP contribution is -2.19. The Morgan fingerprint density at radius 1 is 1.39 bits per heavy atom. The smallest absolute Gasteiger partial charge is 0.262 e. The zero-order valence-electron chi connectivity index (χ0n) is 9.57. The lowest BCUT2D eigenvalue weighted by molar-refractivity contribution is 0.0200. The van der Waals surface area contributed by atoms with E-state index in [-0.39, 0.29) is 37.4 Å². The first-order valence-electron chi connectivity index (χ1n) is 5.70. The third-order valence-corrected chi connectivity index (χ3v) is 3.08. The molecule has 3 heterocycles. The maximum absolute atomic E-state index is 13.0. The third kappa shape index (κ3) is 2.62. The number of halogens is 3. The second-order valence-corrected chi connectivity index (χ2v) is 4.49. The van der Waals surface area contributed by atoms with Gasteiger partial charge in [-0.1, -0.05) is 5.16 Å². The summed E-state index contributed by atoms with van der Waals surface area (Å²) in [4.78, 5) is 4.14. The first kappa shape index (κ1) is 13.6. The summed E-state index contributed by atoms with van der Waals surface area (Å²) in [6.07, 6.45) is 1.39. The second-order valence-electron chi connectivity index (χ2n) is 4.49. The number of ether oxygens (including phenoxy) is 1. The Bertz CT molecular complexity index is 410. The molecule has 0 aromatic carbocycles. The molecule has 3 rings (SSSR count). The van der Waals surface area contributed by atoms with E-state index in [4.69, 9.17) is 9.26 Å². The fourth-order valence-corrected chi connectivity index (χ4v) is 2.19. The van der Waals surface area contributed by atoms with Crippen LogP contribution in [0.25, 0.3) is 0 Å². The molecule has 102 valence electrons. The van der Waals surface area contributed by atoms with Crippen molar-refractivity contribution >= 4 is 12.4 Å². The van der Waals surface area contributed by atoms with Crippen LogP contribution in [0.2, 0.25) is 0 Å². The number of nitrogens with zero attached hydrogens (tertiary/aromatic N) is 2. The van der Waals surface area contributed by atoms with Gasteiger partial charge >= 0.3 is 0 Å². The molecule has 2 saturated heterocycles. The topological polar surface area (TPSA) is 60.2 Å². The molecule has 0 bridgehead atoms. The van der Waals surface area contributed by atoms with E-state index in [9.17, 15) is 8.78 Å². The van der Waals surface area contributed by atoms with E-state index >= 15 is 0 Å². The molecule has 1 N–H and O–H groups in total. The number of hydrogen-bond acceptors (Lipinski definition) is 5. The number of alkyl halides is 2. The van der Waals surface area contributed by atoms with E-state index in [1.54, 1.807) is 0 Å². The molecule has 0 aliphatic carbocycles. The molecular weight excluding hydrogens is 268 g/mol. The van der Waals surface area contributed by atoms with E-state index in [1.165, 1.54) is 0 Å². The number of nitrogens with one attached hydrogen (secondary N) is 1. The van der Waals surface area contributed by atoms with Crippen LogP contribution in [0, 0.1) is 0 Å². The Morgan fingerprint density at radius 3 is 2.83 bits per heavy atom. The lowest BCUT2D eigenvalue weighted by atomic mass is 10.2. The fraction of sp³-hybridized carbons (Fsp3) is 0.800. The number of rotatable bonds is 2. The number of hydrogen-bond donors (Lipinski definition) is 1. The van der Waals surface area contributed by atoms with Crippen molar-refractivity contribution in [2.75, 3.05) is 13.2 Å². The van der Waals surface area contributed by atoms with Gasteiger partial charge in [0.15, 0.2) is 0 Å². The van der Waals surface area contributed by atoms with Crippen molar-refractivity contribution in [2.24, 2.45) is 0 Å². The Morgan fingerprint density at radius 2 is 2.22 bits per heavy atom. The zero-order valence-corrected chi connectivity index (χ0v) is 10.4. The highest BCUT2D eigenvalue weighted by atomic mass is 35.5. The van der Waals surface area contributed by atoms with E-state index in [2.05, 4.69) is 15.5 Å². The molecule has 2 fully saturated rings. The van der Waals surface area contributed by atoms with Crippen LogP contribution in [-0.2, 0) is 4.74 Å². The first-order valence-corrected chi connectivity index (χ1v) is 5.70. The van der Waals surface area contributed by atoms with Gasteiger partial charge in [-0.3, -0.25) is 5.32 Å². The van der Waals surface area contributed by atoms with Gasteiger partial charge in [0, 0.05) is 13.0 Å². The van der Waals surface area contributed by atoms with Crippen molar-refractivity contribution in [1.29, 1.82) is 0 Å². The highest BCUT2D eigenvalue weighted by Crippen LogP contribution is 2.34. The molecule has 2 unspecified atom stereocenters. The van der Waals surface area contributed by atoms with Crippen molar-refractivity contribution in [3.63, 3.8) is 0 Å². The summed E-state index contributed by atoms with van der Waals surface area (Å²) in [6.45, 7) is 0.351. The summed E-state index contributed by atoms with van der Waals surface area (Å²) in [7, 11) is 0. The standard InChI is InChI=1S/C10H13F2N3O2.ClH/c11-10(12)4-6(13-5-10)9-14-8(15-17-9)7-2-1-3-16-7;/h6-7,13H,1-5H2;1H. The van der Waals surface area contributed by atoms with Gasteiger partial charge in [-0.25, -0.2) is 8.78 Å². The normalized spacial score (nSPS) is 30.3. The minimum Gasteiger partial charge on any atom is -0.370 e. The summed E-state index contributed by atoms with van der Waals surface area (Å²) >= 11 is 0.